The molecule has 2 unspecified atom stereocenters. The van der Waals surface area contributed by atoms with Crippen molar-refractivity contribution < 1.29 is 4.39 Å². The number of rotatable bonds is 4. The van der Waals surface area contributed by atoms with Gasteiger partial charge in [0.2, 0.25) is 0 Å². The average molecular weight is 289 g/mol. The molecule has 2 atom stereocenters. The first-order valence-electron chi connectivity index (χ1n) is 7.74. The van der Waals surface area contributed by atoms with Crippen molar-refractivity contribution in [2.24, 2.45) is 5.92 Å². The highest BCUT2D eigenvalue weighted by Gasteiger charge is 2.24. The minimum atomic E-state index is -0.317. The van der Waals surface area contributed by atoms with Crippen LogP contribution in [0.5, 0.6) is 0 Å². The van der Waals surface area contributed by atoms with Crippen LogP contribution in [0.3, 0.4) is 0 Å². The molecule has 0 radical (unpaired) electrons. The maximum atomic E-state index is 13.8. The van der Waals surface area contributed by atoms with Gasteiger partial charge in [-0.25, -0.2) is 4.39 Å². The molecule has 1 fully saturated rings. The largest absolute Gasteiger partial charge is 0.382 e. The molecule has 1 aromatic carbocycles. The van der Waals surface area contributed by atoms with Gasteiger partial charge >= 0.3 is 0 Å². The molecule has 0 bridgehead atoms. The predicted octanol–water partition coefficient (Wildman–Crippen LogP) is 3.54. The number of nitriles is 1. The van der Waals surface area contributed by atoms with Crippen LogP contribution in [-0.2, 0) is 0 Å². The molecule has 4 heteroatoms. The number of hydrogen-bond acceptors (Lipinski definition) is 3. The van der Waals surface area contributed by atoms with Crippen molar-refractivity contribution in [2.75, 3.05) is 25.0 Å². The summed E-state index contributed by atoms with van der Waals surface area (Å²) in [5.41, 5.74) is 1.70. The topological polar surface area (TPSA) is 39.1 Å². The molecule has 1 aliphatic rings. The van der Waals surface area contributed by atoms with Crippen molar-refractivity contribution in [1.29, 1.82) is 5.26 Å². The minimum absolute atomic E-state index is 0.270. The third-order valence-corrected chi connectivity index (χ3v) is 4.55. The lowest BCUT2D eigenvalue weighted by molar-refractivity contribution is 0.172. The number of nitrogens with one attached hydrogen (secondary N) is 1. The van der Waals surface area contributed by atoms with Crippen molar-refractivity contribution in [1.82, 2.24) is 4.90 Å². The predicted molar refractivity (Wildman–Crippen MR) is 83.8 cm³/mol. The molecule has 0 spiro atoms. The Kier molecular flexibility index (Phi) is 5.19. The summed E-state index contributed by atoms with van der Waals surface area (Å²) >= 11 is 0. The molecule has 0 aromatic heterocycles. The second-order valence-corrected chi connectivity index (χ2v) is 5.97. The maximum Gasteiger partial charge on any atom is 0.129 e. The monoisotopic (exact) mass is 289 g/mol. The Bertz CT molecular complexity index is 536. The van der Waals surface area contributed by atoms with Crippen LogP contribution in [0.2, 0.25) is 0 Å². The van der Waals surface area contributed by atoms with E-state index >= 15 is 0 Å². The van der Waals surface area contributed by atoms with E-state index < -0.39 is 0 Å². The van der Waals surface area contributed by atoms with Gasteiger partial charge in [-0.05, 0) is 57.8 Å². The van der Waals surface area contributed by atoms with Crippen molar-refractivity contribution in [3.05, 3.63) is 29.1 Å². The number of likely N-dealkylation sites (tertiary alicyclic amines) is 1. The molecular weight excluding hydrogens is 265 g/mol. The van der Waals surface area contributed by atoms with E-state index in [2.05, 4.69) is 24.1 Å². The summed E-state index contributed by atoms with van der Waals surface area (Å²) in [6.45, 7) is 9.45. The zero-order valence-electron chi connectivity index (χ0n) is 13.1. The molecular formula is C17H24FN3. The quantitative estimate of drug-likeness (QED) is 0.921. The van der Waals surface area contributed by atoms with Crippen LogP contribution in [0.4, 0.5) is 10.1 Å². The average Bonchev–Trinajstić information content (AvgIpc) is 2.51. The normalized spacial score (nSPS) is 20.8. The van der Waals surface area contributed by atoms with E-state index in [0.29, 0.717) is 17.0 Å². The summed E-state index contributed by atoms with van der Waals surface area (Å²) in [6, 6.07) is 5.33. The van der Waals surface area contributed by atoms with Gasteiger partial charge in [0.15, 0.2) is 0 Å². The van der Waals surface area contributed by atoms with Gasteiger partial charge in [0.25, 0.3) is 0 Å². The molecule has 21 heavy (non-hydrogen) atoms. The summed E-state index contributed by atoms with van der Waals surface area (Å²) in [4.78, 5) is 2.46. The summed E-state index contributed by atoms with van der Waals surface area (Å²) in [6.07, 6.45) is 2.42. The summed E-state index contributed by atoms with van der Waals surface area (Å²) in [5, 5.41) is 12.4. The molecule has 2 rings (SSSR count). The Labute approximate surface area is 126 Å². The van der Waals surface area contributed by atoms with Crippen LogP contribution in [0, 0.1) is 30.0 Å². The van der Waals surface area contributed by atoms with Crippen LogP contribution in [-0.4, -0.2) is 30.6 Å². The Morgan fingerprint density at radius 1 is 1.52 bits per heavy atom. The first kappa shape index (κ1) is 15.8. The van der Waals surface area contributed by atoms with E-state index in [0.717, 1.165) is 18.8 Å². The summed E-state index contributed by atoms with van der Waals surface area (Å²) in [7, 11) is 0. The van der Waals surface area contributed by atoms with Crippen LogP contribution in [0.15, 0.2) is 12.1 Å². The Hall–Kier alpha value is -1.60. The molecule has 0 aliphatic carbocycles. The molecule has 3 nitrogen and oxygen atoms in total. The molecule has 1 saturated heterocycles. The number of nitrogens with zero attached hydrogens (tertiary/aromatic N) is 2. The van der Waals surface area contributed by atoms with Crippen LogP contribution in [0.25, 0.3) is 0 Å². The second kappa shape index (κ2) is 6.91. The smallest absolute Gasteiger partial charge is 0.129 e. The fourth-order valence-corrected chi connectivity index (χ4v) is 3.04. The number of hydrogen-bond donors (Lipinski definition) is 1. The zero-order chi connectivity index (χ0) is 15.4. The third-order valence-electron chi connectivity index (χ3n) is 4.55. The Balaban J connectivity index is 2.10. The molecule has 114 valence electrons. The van der Waals surface area contributed by atoms with Gasteiger partial charge in [0, 0.05) is 23.8 Å². The molecule has 0 saturated carbocycles. The third kappa shape index (κ3) is 3.74. The van der Waals surface area contributed by atoms with Crippen LogP contribution >= 0.6 is 0 Å². The number of anilines is 1. The molecule has 0 amide bonds. The lowest BCUT2D eigenvalue weighted by atomic mass is 9.91. The van der Waals surface area contributed by atoms with Gasteiger partial charge < -0.3 is 10.2 Å². The summed E-state index contributed by atoms with van der Waals surface area (Å²) in [5.74, 6) is 0.245. The lowest BCUT2D eigenvalue weighted by Gasteiger charge is -2.36. The first-order valence-corrected chi connectivity index (χ1v) is 7.74. The van der Waals surface area contributed by atoms with Gasteiger partial charge in [0.05, 0.1) is 11.6 Å². The lowest BCUT2D eigenvalue weighted by Crippen LogP contribution is -2.41. The van der Waals surface area contributed by atoms with Crippen molar-refractivity contribution >= 4 is 5.69 Å². The SMILES string of the molecule is CCN1CCCC(C(C)Nc2cc(C#N)cc(F)c2C)C1. The number of benzene rings is 1. The Morgan fingerprint density at radius 2 is 2.29 bits per heavy atom. The van der Waals surface area contributed by atoms with Crippen LogP contribution in [0.1, 0.15) is 37.8 Å². The van der Waals surface area contributed by atoms with Gasteiger partial charge in [0.1, 0.15) is 5.82 Å². The first-order chi connectivity index (χ1) is 10.0. The molecule has 1 aromatic rings. The van der Waals surface area contributed by atoms with E-state index in [-0.39, 0.29) is 11.9 Å². The highest BCUT2D eigenvalue weighted by molar-refractivity contribution is 5.56. The molecule has 1 aliphatic heterocycles. The standard InChI is InChI=1S/C17H24FN3/c1-4-21-7-5-6-15(11-21)13(3)20-17-9-14(10-19)8-16(18)12(17)2/h8-9,13,15,20H,4-7,11H2,1-3H3. The molecule has 1 N–H and O–H groups in total. The summed E-state index contributed by atoms with van der Waals surface area (Å²) < 4.78 is 13.8. The van der Waals surface area contributed by atoms with Crippen LogP contribution < -0.4 is 5.32 Å². The Morgan fingerprint density at radius 3 is 2.95 bits per heavy atom. The zero-order valence-corrected chi connectivity index (χ0v) is 13.1. The number of piperidine rings is 1. The van der Waals surface area contributed by atoms with Crippen molar-refractivity contribution in [2.45, 2.75) is 39.7 Å². The van der Waals surface area contributed by atoms with E-state index in [9.17, 15) is 4.39 Å². The van der Waals surface area contributed by atoms with E-state index in [1.807, 2.05) is 6.07 Å². The highest BCUT2D eigenvalue weighted by Crippen LogP contribution is 2.26. The van der Waals surface area contributed by atoms with Crippen molar-refractivity contribution in [3.63, 3.8) is 0 Å². The van der Waals surface area contributed by atoms with Gasteiger partial charge in [-0.2, -0.15) is 5.26 Å². The minimum Gasteiger partial charge on any atom is -0.382 e. The highest BCUT2D eigenvalue weighted by atomic mass is 19.1. The van der Waals surface area contributed by atoms with Gasteiger partial charge in [-0.15, -0.1) is 0 Å². The second-order valence-electron chi connectivity index (χ2n) is 5.97. The van der Waals surface area contributed by atoms with Gasteiger partial charge in [-0.3, -0.25) is 0 Å². The maximum absolute atomic E-state index is 13.8. The fraction of sp³-hybridized carbons (Fsp3) is 0.588. The van der Waals surface area contributed by atoms with E-state index in [1.165, 1.54) is 25.5 Å². The van der Waals surface area contributed by atoms with Crippen molar-refractivity contribution in [3.8, 4) is 6.07 Å². The van der Waals surface area contributed by atoms with Gasteiger partial charge in [-0.1, -0.05) is 6.92 Å². The fourth-order valence-electron chi connectivity index (χ4n) is 3.04. The van der Waals surface area contributed by atoms with E-state index in [1.54, 1.807) is 13.0 Å². The van der Waals surface area contributed by atoms with E-state index in [4.69, 9.17) is 5.26 Å². The molecule has 1 heterocycles. The number of halogens is 1.